The molecule has 10 heteroatoms. The molecule has 0 fully saturated rings. The number of nitrogens with zero attached hydrogens (tertiary/aromatic N) is 3. The van der Waals surface area contributed by atoms with Crippen molar-refractivity contribution >= 4 is 21.6 Å². The number of amides is 1. The van der Waals surface area contributed by atoms with E-state index in [1.807, 2.05) is 12.1 Å². The minimum atomic E-state index is -3.47. The number of aromatic nitrogens is 3. The molecule has 0 spiro atoms. The van der Waals surface area contributed by atoms with Gasteiger partial charge in [-0.05, 0) is 63.2 Å². The van der Waals surface area contributed by atoms with Crippen molar-refractivity contribution in [1.29, 1.82) is 0 Å². The van der Waals surface area contributed by atoms with E-state index >= 15 is 0 Å². The molecule has 0 radical (unpaired) electrons. The van der Waals surface area contributed by atoms with Gasteiger partial charge in [0.25, 0.3) is 5.91 Å². The van der Waals surface area contributed by atoms with Crippen molar-refractivity contribution in [3.63, 3.8) is 0 Å². The van der Waals surface area contributed by atoms with Crippen molar-refractivity contribution in [2.24, 2.45) is 0 Å². The maximum Gasteiger partial charge on any atom is 0.251 e. The summed E-state index contributed by atoms with van der Waals surface area (Å²) in [4.78, 5) is 17.2. The van der Waals surface area contributed by atoms with E-state index in [4.69, 9.17) is 4.42 Å². The van der Waals surface area contributed by atoms with Gasteiger partial charge in [0.2, 0.25) is 15.9 Å². The summed E-state index contributed by atoms with van der Waals surface area (Å²) in [5.41, 5.74) is 2.91. The maximum atomic E-state index is 12.7. The first kappa shape index (κ1) is 23.2. The Morgan fingerprint density at radius 3 is 2.65 bits per heavy atom. The van der Waals surface area contributed by atoms with Crippen molar-refractivity contribution in [2.45, 2.75) is 32.6 Å². The third-order valence-corrected chi connectivity index (χ3v) is 6.94. The highest BCUT2D eigenvalue weighted by Crippen LogP contribution is 2.25. The predicted molar refractivity (Wildman–Crippen MR) is 129 cm³/mol. The second-order valence-corrected chi connectivity index (χ2v) is 10.2. The molecule has 4 rings (SSSR count). The van der Waals surface area contributed by atoms with Gasteiger partial charge in [-0.2, -0.15) is 5.10 Å². The molecule has 0 aliphatic rings. The number of anilines is 1. The molecule has 0 bridgehead atoms. The zero-order valence-corrected chi connectivity index (χ0v) is 19.8. The number of oxazole rings is 1. The second kappa shape index (κ2) is 9.52. The molecule has 1 amide bonds. The first-order valence-corrected chi connectivity index (χ1v) is 12.2. The summed E-state index contributed by atoms with van der Waals surface area (Å²) in [5.74, 6) is 0.657. The molecule has 0 unspecified atom stereocenters. The summed E-state index contributed by atoms with van der Waals surface area (Å²) in [5, 5.41) is 6.49. The highest BCUT2D eigenvalue weighted by atomic mass is 32.2. The molecule has 2 aromatic heterocycles. The third-order valence-electron chi connectivity index (χ3n) is 5.18. The average Bonchev–Trinajstić information content (AvgIpc) is 3.47. The Hall–Kier alpha value is -3.92. The summed E-state index contributed by atoms with van der Waals surface area (Å²) in [6, 6.07) is 15.8. The zero-order valence-electron chi connectivity index (χ0n) is 19.0. The highest BCUT2D eigenvalue weighted by Gasteiger charge is 2.17. The quantitative estimate of drug-likeness (QED) is 0.395. The van der Waals surface area contributed by atoms with Crippen molar-refractivity contribution in [1.82, 2.24) is 20.1 Å². The number of hydrogen-bond acceptors (Lipinski definition) is 6. The van der Waals surface area contributed by atoms with Crippen LogP contribution >= 0.6 is 0 Å². The summed E-state index contributed by atoms with van der Waals surface area (Å²) in [7, 11) is -3.47. The van der Waals surface area contributed by atoms with E-state index in [1.54, 1.807) is 80.3 Å². The van der Waals surface area contributed by atoms with Gasteiger partial charge in [-0.15, -0.1) is 0 Å². The lowest BCUT2D eigenvalue weighted by Crippen LogP contribution is -2.23. The van der Waals surface area contributed by atoms with Crippen LogP contribution in [0, 0.1) is 6.92 Å². The van der Waals surface area contributed by atoms with Crippen molar-refractivity contribution in [3.05, 3.63) is 84.0 Å². The van der Waals surface area contributed by atoms with Crippen LogP contribution in [0.25, 0.3) is 17.1 Å². The van der Waals surface area contributed by atoms with Crippen molar-refractivity contribution in [3.8, 4) is 17.1 Å². The summed E-state index contributed by atoms with van der Waals surface area (Å²) < 4.78 is 34.4. The van der Waals surface area contributed by atoms with E-state index < -0.39 is 15.3 Å². The van der Waals surface area contributed by atoms with Gasteiger partial charge in [0, 0.05) is 29.2 Å². The number of hydrogen-bond donors (Lipinski definition) is 2. The van der Waals surface area contributed by atoms with Gasteiger partial charge in [0.15, 0.2) is 0 Å². The number of aryl methyl sites for hydroxylation is 1. The number of rotatable bonds is 8. The van der Waals surface area contributed by atoms with Crippen LogP contribution in [0.4, 0.5) is 5.69 Å². The Bertz CT molecular complexity index is 1410. The predicted octanol–water partition coefficient (Wildman–Crippen LogP) is 3.92. The van der Waals surface area contributed by atoms with Gasteiger partial charge in [-0.1, -0.05) is 12.1 Å². The Morgan fingerprint density at radius 2 is 1.91 bits per heavy atom. The van der Waals surface area contributed by atoms with E-state index in [0.29, 0.717) is 34.2 Å². The van der Waals surface area contributed by atoms with Gasteiger partial charge < -0.3 is 9.73 Å². The maximum absolute atomic E-state index is 12.7. The van der Waals surface area contributed by atoms with Gasteiger partial charge in [-0.25, -0.2) is 18.1 Å². The molecule has 2 N–H and O–H groups in total. The van der Waals surface area contributed by atoms with Crippen LogP contribution in [0.1, 0.15) is 35.7 Å². The number of carbonyl (C=O) groups excluding carboxylic acids is 1. The fourth-order valence-electron chi connectivity index (χ4n) is 3.19. The van der Waals surface area contributed by atoms with Gasteiger partial charge in [-0.3, -0.25) is 9.52 Å². The Kier molecular flexibility index (Phi) is 6.51. The molecule has 0 saturated carbocycles. The van der Waals surface area contributed by atoms with Crippen LogP contribution in [-0.4, -0.2) is 34.3 Å². The second-order valence-electron chi connectivity index (χ2n) is 7.98. The van der Waals surface area contributed by atoms with Crippen molar-refractivity contribution in [2.75, 3.05) is 4.72 Å². The summed E-state index contributed by atoms with van der Waals surface area (Å²) in [6.07, 6.45) is 3.48. The van der Waals surface area contributed by atoms with Crippen LogP contribution in [0.15, 0.2) is 71.4 Å². The zero-order chi connectivity index (χ0) is 24.3. The van der Waals surface area contributed by atoms with Gasteiger partial charge in [0.1, 0.15) is 11.5 Å². The molecule has 2 heterocycles. The van der Waals surface area contributed by atoms with Crippen LogP contribution < -0.4 is 10.0 Å². The Morgan fingerprint density at radius 1 is 1.12 bits per heavy atom. The minimum Gasteiger partial charge on any atom is -0.441 e. The van der Waals surface area contributed by atoms with E-state index in [0.717, 1.165) is 5.69 Å². The third kappa shape index (κ3) is 5.18. The molecule has 176 valence electrons. The summed E-state index contributed by atoms with van der Waals surface area (Å²) in [6.45, 7) is 5.16. The van der Waals surface area contributed by atoms with E-state index in [-0.39, 0.29) is 12.5 Å². The lowest BCUT2D eigenvalue weighted by atomic mass is 10.2. The van der Waals surface area contributed by atoms with Crippen LogP contribution in [-0.2, 0) is 16.6 Å². The van der Waals surface area contributed by atoms with E-state index in [9.17, 15) is 13.2 Å². The Labute approximate surface area is 197 Å². The van der Waals surface area contributed by atoms with Gasteiger partial charge >= 0.3 is 0 Å². The number of benzene rings is 2. The lowest BCUT2D eigenvalue weighted by Gasteiger charge is -2.11. The number of sulfonamides is 1. The highest BCUT2D eigenvalue weighted by molar-refractivity contribution is 7.93. The largest absolute Gasteiger partial charge is 0.441 e. The molecule has 0 aliphatic carbocycles. The Balaban J connectivity index is 1.47. The van der Waals surface area contributed by atoms with E-state index in [1.165, 1.54) is 0 Å². The lowest BCUT2D eigenvalue weighted by molar-refractivity contribution is 0.0950. The molecule has 0 aliphatic heterocycles. The normalized spacial score (nSPS) is 11.5. The van der Waals surface area contributed by atoms with Crippen LogP contribution in [0.3, 0.4) is 0 Å². The molecule has 34 heavy (non-hydrogen) atoms. The monoisotopic (exact) mass is 479 g/mol. The SMILES string of the molecule is Cc1oc(-c2cccc(NS(=O)(=O)C(C)C)c2)nc1CNC(=O)c1cccc(-n2cccn2)c1. The molecule has 4 aromatic rings. The first-order valence-electron chi connectivity index (χ1n) is 10.7. The standard InChI is InChI=1S/C24H25N5O4S/c1-16(2)34(31,32)28-20-9-4-8-19(13-20)24-27-22(17(3)33-24)15-25-23(30)18-7-5-10-21(14-18)29-12-6-11-26-29/h4-14,16,28H,15H2,1-3H3,(H,25,30). The molecule has 2 aromatic carbocycles. The molecule has 9 nitrogen and oxygen atoms in total. The molecular weight excluding hydrogens is 454 g/mol. The van der Waals surface area contributed by atoms with E-state index in [2.05, 4.69) is 20.1 Å². The molecule has 0 atom stereocenters. The smallest absolute Gasteiger partial charge is 0.251 e. The fraction of sp³-hybridized carbons (Fsp3) is 0.208. The molecule has 0 saturated heterocycles. The van der Waals surface area contributed by atoms with Crippen LogP contribution in [0.5, 0.6) is 0 Å². The van der Waals surface area contributed by atoms with Crippen molar-refractivity contribution < 1.29 is 17.6 Å². The average molecular weight is 480 g/mol. The molecular formula is C24H25N5O4S. The van der Waals surface area contributed by atoms with Gasteiger partial charge in [0.05, 0.1) is 17.5 Å². The summed E-state index contributed by atoms with van der Waals surface area (Å²) >= 11 is 0. The number of carbonyl (C=O) groups is 1. The number of nitrogens with one attached hydrogen (secondary N) is 2. The van der Waals surface area contributed by atoms with Crippen LogP contribution in [0.2, 0.25) is 0 Å². The first-order chi connectivity index (χ1) is 16.2. The fourth-order valence-corrected chi connectivity index (χ4v) is 3.88. The topological polar surface area (TPSA) is 119 Å². The minimum absolute atomic E-state index is 0.180.